The fraction of sp³-hybridized carbons (Fsp3) is 0.480. The van der Waals surface area contributed by atoms with Crippen molar-refractivity contribution in [2.24, 2.45) is 11.5 Å². The lowest BCUT2D eigenvalue weighted by Crippen LogP contribution is -2.14. The molecule has 0 atom stereocenters. The van der Waals surface area contributed by atoms with Crippen molar-refractivity contribution in [3.63, 3.8) is 0 Å². The number of Topliss-reactive ketones (excluding diaryl/α,β-unsaturated/α-hetero) is 1. The molecule has 0 aliphatic rings. The number of benzene rings is 2. The first-order valence-electron chi connectivity index (χ1n) is 10.5. The highest BCUT2D eigenvalue weighted by atomic mass is 127. The van der Waals surface area contributed by atoms with E-state index >= 15 is 0 Å². The van der Waals surface area contributed by atoms with Gasteiger partial charge >= 0.3 is 0 Å². The molecule has 5 nitrogen and oxygen atoms in total. The molecule has 0 saturated heterocycles. The van der Waals surface area contributed by atoms with E-state index in [2.05, 4.69) is 64.1 Å². The number of nitrogens with two attached hydrogens (primary N) is 2. The van der Waals surface area contributed by atoms with E-state index in [9.17, 15) is 15.0 Å². The molecular formula is C25H37IN2O3. The van der Waals surface area contributed by atoms with E-state index in [1.165, 1.54) is 5.56 Å². The Kier molecular flexibility index (Phi) is 9.53. The predicted molar refractivity (Wildman–Crippen MR) is 137 cm³/mol. The summed E-state index contributed by atoms with van der Waals surface area (Å²) < 4.78 is 0.871. The van der Waals surface area contributed by atoms with Crippen LogP contribution < -0.4 is 11.5 Å². The zero-order valence-corrected chi connectivity index (χ0v) is 21.9. The monoisotopic (exact) mass is 540 g/mol. The molecule has 0 unspecified atom stereocenters. The third kappa shape index (κ3) is 7.19. The molecule has 0 amide bonds. The van der Waals surface area contributed by atoms with Gasteiger partial charge in [-0.2, -0.15) is 0 Å². The number of halogens is 1. The fourth-order valence-corrected chi connectivity index (χ4v) is 3.61. The number of ketones is 1. The maximum atomic E-state index is 11.8. The lowest BCUT2D eigenvalue weighted by molar-refractivity contribution is 0.0985. The van der Waals surface area contributed by atoms with Gasteiger partial charge in [0, 0.05) is 30.6 Å². The topological polar surface area (TPSA) is 110 Å². The average Bonchev–Trinajstić information content (AvgIpc) is 2.68. The Morgan fingerprint density at radius 3 is 1.65 bits per heavy atom. The molecule has 0 aliphatic heterocycles. The van der Waals surface area contributed by atoms with Gasteiger partial charge in [0.15, 0.2) is 5.78 Å². The van der Waals surface area contributed by atoms with Gasteiger partial charge in [0.1, 0.15) is 11.5 Å². The summed E-state index contributed by atoms with van der Waals surface area (Å²) in [7, 11) is 0. The van der Waals surface area contributed by atoms with Crippen molar-refractivity contribution in [1.82, 2.24) is 0 Å². The van der Waals surface area contributed by atoms with Crippen LogP contribution in [0.15, 0.2) is 24.3 Å². The first-order chi connectivity index (χ1) is 14.2. The third-order valence-corrected chi connectivity index (χ3v) is 5.95. The Hall–Kier alpha value is -1.64. The van der Waals surface area contributed by atoms with Crippen LogP contribution in [0.4, 0.5) is 0 Å². The van der Waals surface area contributed by atoms with Crippen LogP contribution in [0, 0.1) is 3.57 Å². The number of phenols is 2. The summed E-state index contributed by atoms with van der Waals surface area (Å²) in [4.78, 5) is 11.8. The highest BCUT2D eigenvalue weighted by Crippen LogP contribution is 2.32. The van der Waals surface area contributed by atoms with Gasteiger partial charge in [-0.25, -0.2) is 0 Å². The molecule has 0 fully saturated rings. The number of phenolic OH excluding ortho intramolecular Hbond substituents is 2. The van der Waals surface area contributed by atoms with Crippen LogP contribution in [0.2, 0.25) is 0 Å². The Labute approximate surface area is 200 Å². The molecule has 0 aromatic heterocycles. The number of hydrogen-bond acceptors (Lipinski definition) is 5. The normalized spacial score (nSPS) is 11.7. The van der Waals surface area contributed by atoms with E-state index < -0.39 is 0 Å². The maximum absolute atomic E-state index is 11.8. The van der Waals surface area contributed by atoms with Crippen molar-refractivity contribution >= 4 is 28.4 Å². The Balaban J connectivity index is 0.000000316. The summed E-state index contributed by atoms with van der Waals surface area (Å²) in [6.45, 7) is 15.1. The Bertz CT molecular complexity index is 926. The lowest BCUT2D eigenvalue weighted by Gasteiger charge is -2.21. The van der Waals surface area contributed by atoms with Crippen LogP contribution in [0.5, 0.6) is 11.5 Å². The Morgan fingerprint density at radius 2 is 1.26 bits per heavy atom. The van der Waals surface area contributed by atoms with Crippen molar-refractivity contribution in [3.05, 3.63) is 55.7 Å². The molecule has 172 valence electrons. The molecule has 0 bridgehead atoms. The fourth-order valence-electron chi connectivity index (χ4n) is 2.93. The summed E-state index contributed by atoms with van der Waals surface area (Å²) in [5.41, 5.74) is 15.3. The number of carbonyl (C=O) groups is 1. The summed E-state index contributed by atoms with van der Waals surface area (Å²) in [6.07, 6.45) is 0.380. The molecule has 6 N–H and O–H groups in total. The summed E-state index contributed by atoms with van der Waals surface area (Å²) in [6, 6.07) is 7.65. The highest BCUT2D eigenvalue weighted by molar-refractivity contribution is 14.1. The largest absolute Gasteiger partial charge is 0.507 e. The summed E-state index contributed by atoms with van der Waals surface area (Å²) >= 11 is 2.13. The number of aromatic hydroxyl groups is 2. The Morgan fingerprint density at radius 1 is 0.839 bits per heavy atom. The molecule has 0 radical (unpaired) electrons. The molecule has 0 heterocycles. The molecule has 6 heteroatoms. The van der Waals surface area contributed by atoms with E-state index in [0.717, 1.165) is 14.7 Å². The summed E-state index contributed by atoms with van der Waals surface area (Å²) in [5, 5.41) is 19.7. The molecule has 0 saturated carbocycles. The van der Waals surface area contributed by atoms with Crippen molar-refractivity contribution in [2.45, 2.75) is 78.8 Å². The second-order valence-corrected chi connectivity index (χ2v) is 10.8. The van der Waals surface area contributed by atoms with Crippen molar-refractivity contribution < 1.29 is 15.0 Å². The SMILES string of the molecule is CC(C)(C)c1cc(I)c(O)c(CN)c1.CCC(=O)c1cc(C(C)(C)C)cc(CN)c1O. The maximum Gasteiger partial charge on any atom is 0.166 e. The van der Waals surface area contributed by atoms with Gasteiger partial charge in [0.25, 0.3) is 0 Å². The van der Waals surface area contributed by atoms with Gasteiger partial charge in [-0.05, 0) is 56.7 Å². The molecule has 31 heavy (non-hydrogen) atoms. The van der Waals surface area contributed by atoms with Crippen LogP contribution >= 0.6 is 22.6 Å². The minimum Gasteiger partial charge on any atom is -0.507 e. The van der Waals surface area contributed by atoms with E-state index in [-0.39, 0.29) is 28.9 Å². The van der Waals surface area contributed by atoms with Gasteiger partial charge in [0.05, 0.1) is 9.13 Å². The van der Waals surface area contributed by atoms with Crippen molar-refractivity contribution in [3.8, 4) is 11.5 Å². The molecular weight excluding hydrogens is 503 g/mol. The van der Waals surface area contributed by atoms with Crippen molar-refractivity contribution in [1.29, 1.82) is 0 Å². The van der Waals surface area contributed by atoms with E-state index in [1.54, 1.807) is 13.0 Å². The number of hydrogen-bond donors (Lipinski definition) is 4. The van der Waals surface area contributed by atoms with Crippen LogP contribution in [0.1, 0.15) is 87.5 Å². The van der Waals surface area contributed by atoms with E-state index in [4.69, 9.17) is 11.5 Å². The number of carbonyl (C=O) groups excluding carboxylic acids is 1. The molecule has 2 aromatic carbocycles. The van der Waals surface area contributed by atoms with Crippen LogP contribution in [0.25, 0.3) is 0 Å². The predicted octanol–water partition coefficient (Wildman–Crippen LogP) is 5.49. The van der Waals surface area contributed by atoms with Gasteiger partial charge < -0.3 is 21.7 Å². The highest BCUT2D eigenvalue weighted by Gasteiger charge is 2.20. The lowest BCUT2D eigenvalue weighted by atomic mass is 9.84. The zero-order chi connectivity index (χ0) is 24.1. The van der Waals surface area contributed by atoms with Gasteiger partial charge in [-0.1, -0.05) is 60.6 Å². The van der Waals surface area contributed by atoms with Crippen LogP contribution in [-0.4, -0.2) is 16.0 Å². The van der Waals surface area contributed by atoms with Crippen molar-refractivity contribution in [2.75, 3.05) is 0 Å². The average molecular weight is 540 g/mol. The van der Waals surface area contributed by atoms with Crippen LogP contribution in [0.3, 0.4) is 0 Å². The quantitative estimate of drug-likeness (QED) is 0.303. The van der Waals surface area contributed by atoms with Gasteiger partial charge in [0.2, 0.25) is 0 Å². The molecule has 2 rings (SSSR count). The zero-order valence-electron chi connectivity index (χ0n) is 19.8. The van der Waals surface area contributed by atoms with Crippen LogP contribution in [-0.2, 0) is 23.9 Å². The smallest absolute Gasteiger partial charge is 0.166 e. The third-order valence-electron chi connectivity index (χ3n) is 5.12. The molecule has 0 spiro atoms. The van der Waals surface area contributed by atoms with Gasteiger partial charge in [-0.3, -0.25) is 4.79 Å². The second-order valence-electron chi connectivity index (χ2n) is 9.68. The summed E-state index contributed by atoms with van der Waals surface area (Å²) in [5.74, 6) is 0.303. The first kappa shape index (κ1) is 27.4. The second kappa shape index (κ2) is 10.8. The molecule has 2 aromatic rings. The molecule has 0 aliphatic carbocycles. The minimum absolute atomic E-state index is 0.0346. The van der Waals surface area contributed by atoms with E-state index in [1.807, 2.05) is 18.2 Å². The first-order valence-corrected chi connectivity index (χ1v) is 11.6. The van der Waals surface area contributed by atoms with E-state index in [0.29, 0.717) is 29.8 Å². The number of rotatable bonds is 4. The standard InChI is InChI=1S/C14H21NO2.C11H16INO/c1-5-12(16)11-7-10(14(2,3)4)6-9(8-15)13(11)17;1-11(2,3)8-4-7(6-13)10(14)9(12)5-8/h6-7,17H,5,8,15H2,1-4H3;4-5,14H,6,13H2,1-3H3. The van der Waals surface area contributed by atoms with Gasteiger partial charge in [-0.15, -0.1) is 0 Å². The minimum atomic E-state index is -0.0691.